The second-order valence-corrected chi connectivity index (χ2v) is 8.92. The van der Waals surface area contributed by atoms with Gasteiger partial charge in [0.25, 0.3) is 0 Å². The lowest BCUT2D eigenvalue weighted by atomic mass is 9.74. The first kappa shape index (κ1) is 15.8. The second kappa shape index (κ2) is 4.37. The van der Waals surface area contributed by atoms with E-state index in [-0.39, 0.29) is 18.6 Å². The third-order valence-corrected chi connectivity index (χ3v) is 6.74. The third-order valence-electron chi connectivity index (χ3n) is 2.88. The molecule has 1 fully saturated rings. The minimum Gasteiger partial charge on any atom is -0.299 e. The average molecular weight is 367 g/mol. The molecule has 0 N–H and O–H groups in total. The number of carbonyl (C=O) groups excluding carboxylic acids is 1. The molecule has 16 heavy (non-hydrogen) atoms. The summed E-state index contributed by atoms with van der Waals surface area (Å²) in [6, 6.07) is 0. The maximum atomic E-state index is 11.9. The summed E-state index contributed by atoms with van der Waals surface area (Å²) in [5.41, 5.74) is -1.67. The van der Waals surface area contributed by atoms with E-state index in [1.54, 1.807) is 0 Å². The Morgan fingerprint density at radius 3 is 1.88 bits per heavy atom. The lowest BCUT2D eigenvalue weighted by Crippen LogP contribution is -2.63. The van der Waals surface area contributed by atoms with Crippen LogP contribution in [-0.4, -0.2) is 18.2 Å². The molecular weight excluding hydrogens is 360 g/mol. The van der Waals surface area contributed by atoms with Crippen LogP contribution in [0.2, 0.25) is 0 Å². The number of halogens is 7. The van der Waals surface area contributed by atoms with Crippen molar-refractivity contribution in [1.29, 1.82) is 0 Å². The van der Waals surface area contributed by atoms with Gasteiger partial charge < -0.3 is 0 Å². The molecule has 1 atom stereocenters. The van der Waals surface area contributed by atoms with Crippen LogP contribution in [0.1, 0.15) is 19.8 Å². The minimum absolute atomic E-state index is 0.0542. The van der Waals surface area contributed by atoms with Crippen molar-refractivity contribution in [2.24, 2.45) is 5.41 Å². The summed E-state index contributed by atoms with van der Waals surface area (Å²) < 4.78 is -5.44. The van der Waals surface area contributed by atoms with Crippen LogP contribution in [0.25, 0.3) is 0 Å². The predicted octanol–water partition coefficient (Wildman–Crippen LogP) is 5.07. The number of ketones is 1. The molecule has 1 unspecified atom stereocenters. The van der Waals surface area contributed by atoms with Crippen LogP contribution in [-0.2, 0) is 4.79 Å². The molecule has 1 aliphatic rings. The highest BCUT2D eigenvalue weighted by molar-refractivity contribution is 6.72. The van der Waals surface area contributed by atoms with Gasteiger partial charge in [0, 0.05) is 6.42 Å². The van der Waals surface area contributed by atoms with E-state index in [1.807, 2.05) is 0 Å². The highest BCUT2D eigenvalue weighted by Crippen LogP contribution is 2.66. The van der Waals surface area contributed by atoms with Gasteiger partial charge in [-0.05, 0) is 13.3 Å². The molecule has 0 radical (unpaired) electrons. The molecule has 0 bridgehead atoms. The van der Waals surface area contributed by atoms with Crippen LogP contribution < -0.4 is 0 Å². The quantitative estimate of drug-likeness (QED) is 0.546. The molecule has 1 saturated carbocycles. The summed E-state index contributed by atoms with van der Waals surface area (Å²) in [5, 5.41) is 0. The normalized spacial score (nSPS) is 33.9. The number of carbonyl (C=O) groups is 1. The van der Waals surface area contributed by atoms with E-state index < -0.39 is 17.9 Å². The number of rotatable bonds is 0. The van der Waals surface area contributed by atoms with Gasteiger partial charge in [0.1, 0.15) is 11.2 Å². The fourth-order valence-corrected chi connectivity index (χ4v) is 3.84. The molecule has 94 valence electrons. The van der Waals surface area contributed by atoms with Crippen molar-refractivity contribution in [3.05, 3.63) is 0 Å². The van der Waals surface area contributed by atoms with Gasteiger partial charge in [-0.3, -0.25) is 4.79 Å². The number of hydrogen-bond donors (Lipinski definition) is 0. The molecule has 0 aliphatic heterocycles. The number of Topliss-reactive ketones (excluding diaryl/α,β-unsaturated/α-hetero) is 1. The van der Waals surface area contributed by atoms with E-state index in [1.165, 1.54) is 6.92 Å². The Bertz CT molecular complexity index is 319. The van der Waals surface area contributed by atoms with E-state index in [0.717, 1.165) is 0 Å². The van der Waals surface area contributed by atoms with Crippen molar-refractivity contribution in [3.8, 4) is 0 Å². The van der Waals surface area contributed by atoms with Crippen molar-refractivity contribution >= 4 is 87.0 Å². The van der Waals surface area contributed by atoms with Gasteiger partial charge in [-0.25, -0.2) is 0 Å². The number of alkyl halides is 7. The van der Waals surface area contributed by atoms with Crippen LogP contribution in [0.15, 0.2) is 0 Å². The molecule has 0 heterocycles. The van der Waals surface area contributed by atoms with Gasteiger partial charge in [-0.2, -0.15) is 0 Å². The summed E-state index contributed by atoms with van der Waals surface area (Å²) in [6.45, 7) is 1.35. The van der Waals surface area contributed by atoms with Crippen LogP contribution in [0.3, 0.4) is 0 Å². The zero-order valence-electron chi connectivity index (χ0n) is 7.97. The summed E-state index contributed by atoms with van der Waals surface area (Å²) in [4.78, 5) is 11.9. The van der Waals surface area contributed by atoms with Gasteiger partial charge >= 0.3 is 0 Å². The monoisotopic (exact) mass is 364 g/mol. The van der Waals surface area contributed by atoms with Crippen LogP contribution in [0, 0.1) is 5.41 Å². The van der Waals surface area contributed by atoms with Crippen molar-refractivity contribution in [2.75, 3.05) is 0 Å². The topological polar surface area (TPSA) is 17.1 Å². The number of hydrogen-bond acceptors (Lipinski definition) is 1. The van der Waals surface area contributed by atoms with Crippen molar-refractivity contribution in [2.45, 2.75) is 32.2 Å². The molecule has 0 saturated heterocycles. The SMILES string of the molecule is CC1(C(Cl)(Cl)Cl)C(=O)CCC(Cl)(Cl)C1(Cl)Cl. The Morgan fingerprint density at radius 2 is 1.56 bits per heavy atom. The second-order valence-electron chi connectivity index (χ2n) is 3.82. The maximum absolute atomic E-state index is 11.9. The molecule has 1 aliphatic carbocycles. The Morgan fingerprint density at radius 1 is 1.12 bits per heavy atom. The summed E-state index contributed by atoms with van der Waals surface area (Å²) in [7, 11) is 0. The van der Waals surface area contributed by atoms with Gasteiger partial charge in [0.2, 0.25) is 3.79 Å². The third kappa shape index (κ3) is 2.05. The standard InChI is InChI=1S/C8H7Cl7O/c1-5(8(13,14)15)4(16)2-3-6(9,10)7(5,11)12/h2-3H2,1H3. The first-order valence-corrected chi connectivity index (χ1v) is 6.88. The lowest BCUT2D eigenvalue weighted by molar-refractivity contribution is -0.130. The van der Waals surface area contributed by atoms with E-state index in [9.17, 15) is 4.79 Å². The highest BCUT2D eigenvalue weighted by atomic mass is 35.6. The van der Waals surface area contributed by atoms with E-state index in [4.69, 9.17) is 81.2 Å². The largest absolute Gasteiger partial charge is 0.299 e. The Balaban J connectivity index is 3.39. The zero-order chi connectivity index (χ0) is 13.0. The molecule has 0 amide bonds. The van der Waals surface area contributed by atoms with Crippen molar-refractivity contribution in [3.63, 3.8) is 0 Å². The van der Waals surface area contributed by atoms with Gasteiger partial charge in [0.15, 0.2) is 8.67 Å². The fourth-order valence-electron chi connectivity index (χ4n) is 1.55. The summed E-state index contributed by atoms with van der Waals surface area (Å²) in [6.07, 6.45) is 0.164. The Kier molecular flexibility index (Phi) is 4.30. The molecule has 0 spiro atoms. The average Bonchev–Trinajstić information content (AvgIpc) is 2.08. The summed E-state index contributed by atoms with van der Waals surface area (Å²) in [5.74, 6) is -0.380. The van der Waals surface area contributed by atoms with Gasteiger partial charge in [-0.15, -0.1) is 0 Å². The first-order valence-electron chi connectivity index (χ1n) is 4.23. The first-order chi connectivity index (χ1) is 6.88. The van der Waals surface area contributed by atoms with Gasteiger partial charge in [-0.1, -0.05) is 81.2 Å². The van der Waals surface area contributed by atoms with Crippen molar-refractivity contribution < 1.29 is 4.79 Å². The maximum Gasteiger partial charge on any atom is 0.205 e. The molecule has 0 aromatic heterocycles. The molecule has 1 nitrogen and oxygen atoms in total. The Hall–Kier alpha value is 1.70. The van der Waals surface area contributed by atoms with E-state index >= 15 is 0 Å². The predicted molar refractivity (Wildman–Crippen MR) is 71.5 cm³/mol. The van der Waals surface area contributed by atoms with Crippen LogP contribution in [0.5, 0.6) is 0 Å². The molecule has 8 heteroatoms. The fraction of sp³-hybridized carbons (Fsp3) is 0.875. The smallest absolute Gasteiger partial charge is 0.205 e. The molecule has 0 aromatic rings. The molecule has 0 aromatic carbocycles. The van der Waals surface area contributed by atoms with Gasteiger partial charge in [0.05, 0.1) is 0 Å². The lowest BCUT2D eigenvalue weighted by Gasteiger charge is -2.51. The molecule has 1 rings (SSSR count). The van der Waals surface area contributed by atoms with Crippen LogP contribution in [0.4, 0.5) is 0 Å². The highest BCUT2D eigenvalue weighted by Gasteiger charge is 2.71. The zero-order valence-corrected chi connectivity index (χ0v) is 13.3. The Labute approximate surface area is 129 Å². The van der Waals surface area contributed by atoms with E-state index in [0.29, 0.717) is 0 Å². The minimum atomic E-state index is -2.00. The van der Waals surface area contributed by atoms with Crippen LogP contribution >= 0.6 is 81.2 Å². The van der Waals surface area contributed by atoms with Crippen molar-refractivity contribution in [1.82, 2.24) is 0 Å². The summed E-state index contributed by atoms with van der Waals surface area (Å²) >= 11 is 41.5. The van der Waals surface area contributed by atoms with E-state index in [2.05, 4.69) is 0 Å². The molecular formula is C8H7Cl7O.